The normalized spacial score (nSPS) is 10.2. The molecule has 2 rings (SSSR count). The van der Waals surface area contributed by atoms with Gasteiger partial charge in [-0.05, 0) is 18.6 Å². The monoisotopic (exact) mass is 271 g/mol. The first-order valence-electron chi connectivity index (χ1n) is 6.44. The second-order valence-electron chi connectivity index (χ2n) is 4.54. The minimum absolute atomic E-state index is 0.0199. The molecule has 0 bridgehead atoms. The van der Waals surface area contributed by atoms with Crippen molar-refractivity contribution in [3.63, 3.8) is 0 Å². The van der Waals surface area contributed by atoms with Crippen LogP contribution >= 0.6 is 0 Å². The third-order valence-electron chi connectivity index (χ3n) is 3.10. The van der Waals surface area contributed by atoms with Crippen molar-refractivity contribution < 1.29 is 4.92 Å². The lowest BCUT2D eigenvalue weighted by atomic mass is 10.2. The van der Waals surface area contributed by atoms with Gasteiger partial charge in [-0.15, -0.1) is 0 Å². The highest BCUT2D eigenvalue weighted by Gasteiger charge is 2.12. The SMILES string of the molecule is CCN(Cc1ccccc1)c1cc(N)cc([N+](=O)[O-])c1. The summed E-state index contributed by atoms with van der Waals surface area (Å²) in [4.78, 5) is 12.5. The van der Waals surface area contributed by atoms with Crippen LogP contribution in [0.4, 0.5) is 17.1 Å². The van der Waals surface area contributed by atoms with Crippen LogP contribution in [0.3, 0.4) is 0 Å². The number of hydrogen-bond donors (Lipinski definition) is 1. The van der Waals surface area contributed by atoms with E-state index in [-0.39, 0.29) is 5.69 Å². The number of nitro groups is 1. The van der Waals surface area contributed by atoms with Gasteiger partial charge < -0.3 is 10.6 Å². The zero-order chi connectivity index (χ0) is 14.5. The van der Waals surface area contributed by atoms with Gasteiger partial charge in [0.25, 0.3) is 5.69 Å². The predicted molar refractivity (Wildman–Crippen MR) is 80.7 cm³/mol. The van der Waals surface area contributed by atoms with Crippen LogP contribution in [0.2, 0.25) is 0 Å². The van der Waals surface area contributed by atoms with E-state index < -0.39 is 4.92 Å². The van der Waals surface area contributed by atoms with E-state index >= 15 is 0 Å². The summed E-state index contributed by atoms with van der Waals surface area (Å²) in [6.07, 6.45) is 0. The molecule has 0 saturated carbocycles. The minimum atomic E-state index is -0.420. The number of anilines is 2. The molecule has 0 aliphatic heterocycles. The quantitative estimate of drug-likeness (QED) is 0.515. The molecule has 0 atom stereocenters. The molecule has 104 valence electrons. The first-order chi connectivity index (χ1) is 9.60. The van der Waals surface area contributed by atoms with Gasteiger partial charge in [0.05, 0.1) is 4.92 Å². The van der Waals surface area contributed by atoms with Crippen molar-refractivity contribution in [1.29, 1.82) is 0 Å². The Morgan fingerprint density at radius 2 is 1.90 bits per heavy atom. The van der Waals surface area contributed by atoms with Crippen molar-refractivity contribution in [3.05, 3.63) is 64.2 Å². The molecule has 0 aliphatic rings. The van der Waals surface area contributed by atoms with E-state index in [1.54, 1.807) is 12.1 Å². The van der Waals surface area contributed by atoms with Crippen molar-refractivity contribution in [2.75, 3.05) is 17.2 Å². The predicted octanol–water partition coefficient (Wildman–Crippen LogP) is 3.20. The van der Waals surface area contributed by atoms with E-state index in [9.17, 15) is 10.1 Å². The second kappa shape index (κ2) is 6.06. The highest BCUT2D eigenvalue weighted by molar-refractivity contribution is 5.62. The number of nitrogens with zero attached hydrogens (tertiary/aromatic N) is 2. The summed E-state index contributed by atoms with van der Waals surface area (Å²) in [5.74, 6) is 0. The average Bonchev–Trinajstić information content (AvgIpc) is 2.45. The summed E-state index contributed by atoms with van der Waals surface area (Å²) in [6, 6.07) is 14.7. The van der Waals surface area contributed by atoms with Crippen LogP contribution in [0.5, 0.6) is 0 Å². The number of benzene rings is 2. The number of non-ortho nitro benzene ring substituents is 1. The summed E-state index contributed by atoms with van der Waals surface area (Å²) in [5, 5.41) is 10.9. The van der Waals surface area contributed by atoms with Crippen LogP contribution in [-0.4, -0.2) is 11.5 Å². The van der Waals surface area contributed by atoms with Crippen LogP contribution in [0, 0.1) is 10.1 Å². The summed E-state index contributed by atoms with van der Waals surface area (Å²) in [5.41, 5.74) is 8.09. The first kappa shape index (κ1) is 13.9. The number of nitrogens with two attached hydrogens (primary N) is 1. The lowest BCUT2D eigenvalue weighted by Crippen LogP contribution is -2.22. The number of nitro benzene ring substituents is 1. The van der Waals surface area contributed by atoms with Gasteiger partial charge in [-0.2, -0.15) is 0 Å². The van der Waals surface area contributed by atoms with Crippen molar-refractivity contribution in [2.45, 2.75) is 13.5 Å². The van der Waals surface area contributed by atoms with Gasteiger partial charge >= 0.3 is 0 Å². The fraction of sp³-hybridized carbons (Fsp3) is 0.200. The molecule has 0 aromatic heterocycles. The molecule has 2 N–H and O–H groups in total. The van der Waals surface area contributed by atoms with Gasteiger partial charge in [-0.25, -0.2) is 0 Å². The lowest BCUT2D eigenvalue weighted by Gasteiger charge is -2.23. The molecule has 20 heavy (non-hydrogen) atoms. The Hall–Kier alpha value is -2.56. The van der Waals surface area contributed by atoms with Crippen LogP contribution in [0.25, 0.3) is 0 Å². The fourth-order valence-electron chi connectivity index (χ4n) is 2.10. The summed E-state index contributed by atoms with van der Waals surface area (Å²) in [6.45, 7) is 3.45. The fourth-order valence-corrected chi connectivity index (χ4v) is 2.10. The van der Waals surface area contributed by atoms with Gasteiger partial charge in [-0.1, -0.05) is 30.3 Å². The smallest absolute Gasteiger partial charge is 0.273 e. The zero-order valence-electron chi connectivity index (χ0n) is 11.3. The zero-order valence-corrected chi connectivity index (χ0v) is 11.3. The standard InChI is InChI=1S/C15H17N3O2/c1-2-17(11-12-6-4-3-5-7-12)14-8-13(16)9-15(10-14)18(19)20/h3-10H,2,11,16H2,1H3. The van der Waals surface area contributed by atoms with Crippen LogP contribution in [0.1, 0.15) is 12.5 Å². The van der Waals surface area contributed by atoms with E-state index in [0.29, 0.717) is 12.2 Å². The maximum atomic E-state index is 10.9. The molecule has 0 heterocycles. The van der Waals surface area contributed by atoms with Gasteiger partial charge in [0, 0.05) is 36.6 Å². The second-order valence-corrected chi connectivity index (χ2v) is 4.54. The topological polar surface area (TPSA) is 72.4 Å². The number of nitrogen functional groups attached to an aromatic ring is 1. The van der Waals surface area contributed by atoms with E-state index in [1.165, 1.54) is 6.07 Å². The molecule has 0 saturated heterocycles. The van der Waals surface area contributed by atoms with Crippen molar-refractivity contribution in [2.24, 2.45) is 0 Å². The molecular formula is C15H17N3O2. The van der Waals surface area contributed by atoms with Gasteiger partial charge in [0.1, 0.15) is 0 Å². The van der Waals surface area contributed by atoms with Crippen LogP contribution < -0.4 is 10.6 Å². The van der Waals surface area contributed by atoms with E-state index in [2.05, 4.69) is 4.90 Å². The van der Waals surface area contributed by atoms with Gasteiger partial charge in [0.15, 0.2) is 0 Å². The average molecular weight is 271 g/mol. The number of hydrogen-bond acceptors (Lipinski definition) is 4. The Labute approximate surface area is 117 Å². The molecule has 0 radical (unpaired) electrons. The Morgan fingerprint density at radius 3 is 2.50 bits per heavy atom. The molecule has 5 heteroatoms. The maximum Gasteiger partial charge on any atom is 0.273 e. The Balaban J connectivity index is 2.29. The molecule has 2 aromatic carbocycles. The molecule has 0 unspecified atom stereocenters. The van der Waals surface area contributed by atoms with Crippen molar-refractivity contribution in [1.82, 2.24) is 0 Å². The Kier molecular flexibility index (Phi) is 4.20. The summed E-state index contributed by atoms with van der Waals surface area (Å²) in [7, 11) is 0. The molecule has 5 nitrogen and oxygen atoms in total. The molecule has 0 spiro atoms. The third-order valence-corrected chi connectivity index (χ3v) is 3.10. The Morgan fingerprint density at radius 1 is 1.20 bits per heavy atom. The molecule has 0 aliphatic carbocycles. The van der Waals surface area contributed by atoms with Crippen molar-refractivity contribution >= 4 is 17.1 Å². The maximum absolute atomic E-state index is 10.9. The van der Waals surface area contributed by atoms with Crippen LogP contribution in [0.15, 0.2) is 48.5 Å². The highest BCUT2D eigenvalue weighted by Crippen LogP contribution is 2.26. The molecular weight excluding hydrogens is 254 g/mol. The van der Waals surface area contributed by atoms with Crippen molar-refractivity contribution in [3.8, 4) is 0 Å². The van der Waals surface area contributed by atoms with E-state index in [0.717, 1.165) is 17.8 Å². The molecule has 2 aromatic rings. The van der Waals surface area contributed by atoms with E-state index in [4.69, 9.17) is 5.73 Å². The van der Waals surface area contributed by atoms with Crippen LogP contribution in [-0.2, 0) is 6.54 Å². The third kappa shape index (κ3) is 3.26. The lowest BCUT2D eigenvalue weighted by molar-refractivity contribution is -0.384. The molecule has 0 amide bonds. The largest absolute Gasteiger partial charge is 0.398 e. The van der Waals surface area contributed by atoms with E-state index in [1.807, 2.05) is 37.3 Å². The summed E-state index contributed by atoms with van der Waals surface area (Å²) >= 11 is 0. The minimum Gasteiger partial charge on any atom is -0.398 e. The first-order valence-corrected chi connectivity index (χ1v) is 6.44. The van der Waals surface area contributed by atoms with Gasteiger partial charge in [0.2, 0.25) is 0 Å². The molecule has 0 fully saturated rings. The highest BCUT2D eigenvalue weighted by atomic mass is 16.6. The number of rotatable bonds is 5. The Bertz CT molecular complexity index is 599. The van der Waals surface area contributed by atoms with Gasteiger partial charge in [-0.3, -0.25) is 10.1 Å². The summed E-state index contributed by atoms with van der Waals surface area (Å²) < 4.78 is 0.